The molecule has 1 aliphatic carbocycles. The Morgan fingerprint density at radius 3 is 2.35 bits per heavy atom. The summed E-state index contributed by atoms with van der Waals surface area (Å²) in [6.07, 6.45) is 1.68. The minimum Gasteiger partial charge on any atom is -0.480 e. The van der Waals surface area contributed by atoms with Gasteiger partial charge in [0.25, 0.3) is 0 Å². The molecule has 0 aromatic heterocycles. The molecule has 1 atom stereocenters. The van der Waals surface area contributed by atoms with Crippen LogP contribution in [0.1, 0.15) is 26.7 Å². The Kier molecular flexibility index (Phi) is 3.98. The van der Waals surface area contributed by atoms with Crippen LogP contribution in [0.15, 0.2) is 0 Å². The largest absolute Gasteiger partial charge is 0.480 e. The molecule has 0 radical (unpaired) electrons. The summed E-state index contributed by atoms with van der Waals surface area (Å²) in [6, 6.07) is -1.28. The normalized spacial score (nSPS) is 17.4. The van der Waals surface area contributed by atoms with E-state index in [9.17, 15) is 14.7 Å². The first-order valence-electron chi connectivity index (χ1n) is 5.67. The number of nitrogens with one attached hydrogen (secondary N) is 1. The van der Waals surface area contributed by atoms with Crippen molar-refractivity contribution in [2.24, 2.45) is 5.92 Å². The van der Waals surface area contributed by atoms with Crippen molar-refractivity contribution in [2.75, 3.05) is 13.6 Å². The Morgan fingerprint density at radius 1 is 1.47 bits per heavy atom. The van der Waals surface area contributed by atoms with Gasteiger partial charge in [-0.05, 0) is 32.6 Å². The molecule has 0 aromatic rings. The highest BCUT2D eigenvalue weighted by Crippen LogP contribution is 2.32. The lowest BCUT2D eigenvalue weighted by Crippen LogP contribution is -2.50. The lowest BCUT2D eigenvalue weighted by molar-refractivity contribution is -0.139. The second kappa shape index (κ2) is 4.91. The number of carboxylic acid groups (broad SMARTS) is 1. The fourth-order valence-electron chi connectivity index (χ4n) is 1.71. The van der Waals surface area contributed by atoms with Crippen LogP contribution in [0, 0.1) is 5.92 Å². The molecule has 1 fully saturated rings. The van der Waals surface area contributed by atoms with E-state index in [-0.39, 0.29) is 12.5 Å². The molecule has 6 heteroatoms. The van der Waals surface area contributed by atoms with Gasteiger partial charge in [-0.2, -0.15) is 0 Å². The number of urea groups is 1. The first-order valence-corrected chi connectivity index (χ1v) is 5.67. The third kappa shape index (κ3) is 4.60. The van der Waals surface area contributed by atoms with E-state index in [0.717, 1.165) is 12.8 Å². The molecular weight excluding hydrogens is 224 g/mol. The third-order valence-corrected chi connectivity index (χ3v) is 2.61. The number of hydrogen-bond donors (Lipinski definition) is 3. The van der Waals surface area contributed by atoms with Crippen LogP contribution in [-0.4, -0.2) is 52.3 Å². The highest BCUT2D eigenvalue weighted by molar-refractivity contribution is 5.83. The number of carbonyl (C=O) groups excluding carboxylic acids is 1. The van der Waals surface area contributed by atoms with Crippen LogP contribution in [0.3, 0.4) is 0 Å². The first kappa shape index (κ1) is 13.8. The summed E-state index contributed by atoms with van der Waals surface area (Å²) in [5, 5.41) is 21.0. The summed E-state index contributed by atoms with van der Waals surface area (Å²) < 4.78 is 0. The van der Waals surface area contributed by atoms with Gasteiger partial charge in [0.2, 0.25) is 0 Å². The Hall–Kier alpha value is -1.30. The van der Waals surface area contributed by atoms with Crippen LogP contribution in [-0.2, 0) is 4.79 Å². The maximum atomic E-state index is 11.7. The minimum atomic E-state index is -1.00. The van der Waals surface area contributed by atoms with Crippen LogP contribution in [0.25, 0.3) is 0 Å². The van der Waals surface area contributed by atoms with Crippen molar-refractivity contribution in [1.29, 1.82) is 0 Å². The molecule has 1 aliphatic rings. The monoisotopic (exact) mass is 244 g/mol. The average Bonchev–Trinajstić information content (AvgIpc) is 2.93. The van der Waals surface area contributed by atoms with Gasteiger partial charge in [-0.15, -0.1) is 0 Å². The molecule has 0 saturated heterocycles. The van der Waals surface area contributed by atoms with Gasteiger partial charge in [0.05, 0.1) is 12.1 Å². The smallest absolute Gasteiger partial charge is 0.326 e. The number of carbonyl (C=O) groups is 2. The first-order chi connectivity index (χ1) is 7.70. The second-order valence-electron chi connectivity index (χ2n) is 5.27. The van der Waals surface area contributed by atoms with Gasteiger partial charge in [0.1, 0.15) is 6.04 Å². The van der Waals surface area contributed by atoms with Gasteiger partial charge in [-0.25, -0.2) is 9.59 Å². The summed E-state index contributed by atoms with van der Waals surface area (Å²) in [6.45, 7) is 3.33. The van der Waals surface area contributed by atoms with E-state index >= 15 is 0 Å². The van der Waals surface area contributed by atoms with Gasteiger partial charge in [-0.3, -0.25) is 0 Å². The fraction of sp³-hybridized carbons (Fsp3) is 0.818. The molecule has 17 heavy (non-hydrogen) atoms. The van der Waals surface area contributed by atoms with Gasteiger partial charge < -0.3 is 20.4 Å². The van der Waals surface area contributed by atoms with Crippen LogP contribution >= 0.6 is 0 Å². The van der Waals surface area contributed by atoms with Crippen molar-refractivity contribution >= 4 is 12.0 Å². The maximum absolute atomic E-state index is 11.7. The van der Waals surface area contributed by atoms with E-state index in [0.29, 0.717) is 0 Å². The van der Waals surface area contributed by atoms with Crippen molar-refractivity contribution in [1.82, 2.24) is 10.2 Å². The molecule has 0 aromatic carbocycles. The van der Waals surface area contributed by atoms with E-state index in [1.54, 1.807) is 13.8 Å². The van der Waals surface area contributed by atoms with Crippen LogP contribution in [0.5, 0.6) is 0 Å². The molecule has 0 spiro atoms. The number of aliphatic carboxylic acids is 1. The van der Waals surface area contributed by atoms with Gasteiger partial charge in [0.15, 0.2) is 0 Å². The molecule has 1 rings (SSSR count). The molecule has 6 nitrogen and oxygen atoms in total. The predicted molar refractivity (Wildman–Crippen MR) is 61.6 cm³/mol. The zero-order chi connectivity index (χ0) is 13.2. The van der Waals surface area contributed by atoms with Gasteiger partial charge in [0, 0.05) is 7.05 Å². The maximum Gasteiger partial charge on any atom is 0.326 e. The van der Waals surface area contributed by atoms with Crippen molar-refractivity contribution in [3.63, 3.8) is 0 Å². The number of aliphatic hydroxyl groups is 1. The molecule has 0 heterocycles. The Bertz CT molecular complexity index is 307. The lowest BCUT2D eigenvalue weighted by Gasteiger charge is -2.27. The summed E-state index contributed by atoms with van der Waals surface area (Å²) in [4.78, 5) is 23.9. The Morgan fingerprint density at radius 2 is 2.00 bits per heavy atom. The third-order valence-electron chi connectivity index (χ3n) is 2.61. The van der Waals surface area contributed by atoms with E-state index < -0.39 is 23.6 Å². The van der Waals surface area contributed by atoms with E-state index in [1.165, 1.54) is 11.9 Å². The number of amides is 2. The topological polar surface area (TPSA) is 89.9 Å². The van der Waals surface area contributed by atoms with Crippen molar-refractivity contribution < 1.29 is 19.8 Å². The fourth-order valence-corrected chi connectivity index (χ4v) is 1.71. The minimum absolute atomic E-state index is 0.0481. The molecular formula is C11H20N2O4. The molecule has 3 N–H and O–H groups in total. The van der Waals surface area contributed by atoms with Gasteiger partial charge in [-0.1, -0.05) is 0 Å². The zero-order valence-electron chi connectivity index (χ0n) is 10.4. The Balaban J connectivity index is 2.49. The van der Waals surface area contributed by atoms with E-state index in [4.69, 9.17) is 5.11 Å². The standard InChI is InChI=1S/C11H20N2O4/c1-11(2,17)6-13(3)10(16)12-8(9(14)15)7-4-5-7/h7-8,17H,4-6H2,1-3H3,(H,12,16)(H,14,15). The number of hydrogen-bond acceptors (Lipinski definition) is 3. The summed E-state index contributed by atoms with van der Waals surface area (Å²) >= 11 is 0. The molecule has 2 amide bonds. The predicted octanol–water partition coefficient (Wildman–Crippen LogP) is 0.262. The van der Waals surface area contributed by atoms with Crippen LogP contribution < -0.4 is 5.32 Å². The van der Waals surface area contributed by atoms with E-state index in [1.807, 2.05) is 0 Å². The second-order valence-corrected chi connectivity index (χ2v) is 5.27. The SMILES string of the molecule is CN(CC(C)(C)O)C(=O)NC(C(=O)O)C1CC1. The van der Waals surface area contributed by atoms with Crippen molar-refractivity contribution in [2.45, 2.75) is 38.3 Å². The van der Waals surface area contributed by atoms with Crippen molar-refractivity contribution in [3.8, 4) is 0 Å². The number of rotatable bonds is 5. The molecule has 0 aliphatic heterocycles. The molecule has 0 bridgehead atoms. The zero-order valence-corrected chi connectivity index (χ0v) is 10.4. The number of likely N-dealkylation sites (N-methyl/N-ethyl adjacent to an activating group) is 1. The van der Waals surface area contributed by atoms with Crippen molar-refractivity contribution in [3.05, 3.63) is 0 Å². The Labute approximate surface area is 101 Å². The summed E-state index contributed by atoms with van der Waals surface area (Å²) in [7, 11) is 1.53. The summed E-state index contributed by atoms with van der Waals surface area (Å²) in [5.74, 6) is -0.954. The van der Waals surface area contributed by atoms with Crippen LogP contribution in [0.2, 0.25) is 0 Å². The number of carboxylic acids is 1. The molecule has 98 valence electrons. The van der Waals surface area contributed by atoms with Gasteiger partial charge >= 0.3 is 12.0 Å². The highest BCUT2D eigenvalue weighted by Gasteiger charge is 2.38. The quantitative estimate of drug-likeness (QED) is 0.647. The van der Waals surface area contributed by atoms with Crippen LogP contribution in [0.4, 0.5) is 4.79 Å². The molecule has 1 saturated carbocycles. The number of nitrogens with zero attached hydrogens (tertiary/aromatic N) is 1. The van der Waals surface area contributed by atoms with E-state index in [2.05, 4.69) is 5.32 Å². The molecule has 1 unspecified atom stereocenters. The lowest BCUT2D eigenvalue weighted by atomic mass is 10.1. The highest BCUT2D eigenvalue weighted by atomic mass is 16.4. The average molecular weight is 244 g/mol. The summed E-state index contributed by atoms with van der Waals surface area (Å²) in [5.41, 5.74) is -0.996.